The predicted octanol–water partition coefficient (Wildman–Crippen LogP) is 6.39. The molecule has 1 amide bonds. The molecule has 0 aliphatic carbocycles. The predicted molar refractivity (Wildman–Crippen MR) is 130 cm³/mol. The highest BCUT2D eigenvalue weighted by atomic mass is 19.4. The van der Waals surface area contributed by atoms with Crippen LogP contribution in [-0.2, 0) is 25.8 Å². The molecule has 0 fully saturated rings. The molecule has 186 valence electrons. The molecule has 0 radical (unpaired) electrons. The van der Waals surface area contributed by atoms with Crippen LogP contribution in [0.1, 0.15) is 51.6 Å². The van der Waals surface area contributed by atoms with Crippen molar-refractivity contribution in [2.75, 3.05) is 0 Å². The number of carbonyl (C=O) groups is 1. The van der Waals surface area contributed by atoms with Gasteiger partial charge in [-0.05, 0) is 29.7 Å². The second-order valence-corrected chi connectivity index (χ2v) is 8.52. The van der Waals surface area contributed by atoms with Gasteiger partial charge in [0.25, 0.3) is 5.91 Å². The fourth-order valence-electron chi connectivity index (χ4n) is 3.96. The minimum absolute atomic E-state index is 0.0273. The van der Waals surface area contributed by atoms with Gasteiger partial charge in [0.1, 0.15) is 6.26 Å². The average molecular weight is 494 g/mol. The molecule has 4 aromatic rings. The molecule has 4 rings (SSSR count). The molecule has 3 aromatic carbocycles. The van der Waals surface area contributed by atoms with Crippen LogP contribution < -0.4 is 5.32 Å². The first-order chi connectivity index (χ1) is 17.3. The molecule has 5 nitrogen and oxygen atoms in total. The lowest BCUT2D eigenvalue weighted by Crippen LogP contribution is -2.27. The van der Waals surface area contributed by atoms with Crippen LogP contribution in [0, 0.1) is 0 Å². The van der Waals surface area contributed by atoms with Gasteiger partial charge in [0.15, 0.2) is 5.69 Å². The third-order valence-electron chi connectivity index (χ3n) is 5.76. The van der Waals surface area contributed by atoms with Gasteiger partial charge in [-0.15, -0.1) is 0 Å². The molecule has 36 heavy (non-hydrogen) atoms. The second kappa shape index (κ2) is 11.2. The maximum absolute atomic E-state index is 13.6. The van der Waals surface area contributed by atoms with Crippen LogP contribution in [0.5, 0.6) is 0 Å². The number of alkyl halides is 3. The first-order valence-corrected chi connectivity index (χ1v) is 11.5. The van der Waals surface area contributed by atoms with E-state index in [0.717, 1.165) is 17.2 Å². The number of benzene rings is 3. The number of rotatable bonds is 9. The summed E-state index contributed by atoms with van der Waals surface area (Å²) in [5.41, 5.74) is 1.48. The van der Waals surface area contributed by atoms with Gasteiger partial charge in [0.05, 0.1) is 18.2 Å². The number of carbonyl (C=O) groups excluding carboxylic acids is 1. The van der Waals surface area contributed by atoms with Crippen molar-refractivity contribution in [1.29, 1.82) is 0 Å². The third kappa shape index (κ3) is 6.60. The van der Waals surface area contributed by atoms with Crippen LogP contribution in [-0.4, -0.2) is 15.8 Å². The van der Waals surface area contributed by atoms with Crippen LogP contribution >= 0.6 is 0 Å². The Morgan fingerprint density at radius 2 is 1.56 bits per heavy atom. The zero-order chi connectivity index (χ0) is 25.5. The lowest BCUT2D eigenvalue weighted by molar-refractivity contribution is -0.138. The van der Waals surface area contributed by atoms with Crippen molar-refractivity contribution in [1.82, 2.24) is 15.2 Å². The number of hydrogen-bond acceptors (Lipinski definition) is 4. The van der Waals surface area contributed by atoms with Crippen LogP contribution in [0.4, 0.5) is 13.2 Å². The highest BCUT2D eigenvalue weighted by Gasteiger charge is 2.33. The fraction of sp³-hybridized carbons (Fsp3) is 0.214. The summed E-state index contributed by atoms with van der Waals surface area (Å²) >= 11 is 0. The molecule has 0 unspecified atom stereocenters. The smallest absolute Gasteiger partial charge is 0.416 e. The van der Waals surface area contributed by atoms with Gasteiger partial charge < -0.3 is 9.73 Å². The van der Waals surface area contributed by atoms with Crippen molar-refractivity contribution in [2.24, 2.45) is 0 Å². The van der Waals surface area contributed by atoms with E-state index in [1.807, 2.05) is 67.6 Å². The molecular weight excluding hydrogens is 467 g/mol. The van der Waals surface area contributed by atoms with E-state index in [2.05, 4.69) is 10.3 Å². The summed E-state index contributed by atoms with van der Waals surface area (Å²) in [6.45, 7) is 2.40. The quantitative estimate of drug-likeness (QED) is 0.294. The van der Waals surface area contributed by atoms with Gasteiger partial charge in [0, 0.05) is 13.1 Å². The van der Waals surface area contributed by atoms with Crippen molar-refractivity contribution in [2.45, 2.75) is 38.8 Å². The number of nitrogens with zero attached hydrogens (tertiary/aromatic N) is 2. The van der Waals surface area contributed by atoms with E-state index >= 15 is 0 Å². The van der Waals surface area contributed by atoms with Gasteiger partial charge in [-0.2, -0.15) is 13.2 Å². The van der Waals surface area contributed by atoms with E-state index in [4.69, 9.17) is 4.42 Å². The van der Waals surface area contributed by atoms with Crippen molar-refractivity contribution in [3.63, 3.8) is 0 Å². The molecule has 8 heteroatoms. The van der Waals surface area contributed by atoms with Gasteiger partial charge in [-0.3, -0.25) is 9.69 Å². The van der Waals surface area contributed by atoms with E-state index in [0.29, 0.717) is 6.54 Å². The third-order valence-corrected chi connectivity index (χ3v) is 5.76. The maximum atomic E-state index is 13.6. The van der Waals surface area contributed by atoms with Crippen molar-refractivity contribution >= 4 is 5.91 Å². The molecule has 0 aliphatic heterocycles. The summed E-state index contributed by atoms with van der Waals surface area (Å²) in [6.07, 6.45) is -3.19. The molecule has 1 atom stereocenters. The van der Waals surface area contributed by atoms with Crippen molar-refractivity contribution < 1.29 is 22.4 Å². The number of oxazole rings is 1. The molecule has 1 N–H and O–H groups in total. The molecule has 0 bridgehead atoms. The molecule has 1 aromatic heterocycles. The summed E-state index contributed by atoms with van der Waals surface area (Å²) < 4.78 is 46.3. The van der Waals surface area contributed by atoms with Gasteiger partial charge in [-0.1, -0.05) is 78.9 Å². The Kier molecular flexibility index (Phi) is 7.85. The standard InChI is InChI=1S/C28H26F3N3O2/c1-20(22-12-6-3-7-13-22)32-27(35)25-19-36-26(33-25)18-34(16-21-10-4-2-5-11-21)17-23-14-8-9-15-24(23)28(29,30)31/h2-15,19-20H,16-18H2,1H3,(H,32,35)/t20-/m1/s1. The molecule has 0 saturated carbocycles. The highest BCUT2D eigenvalue weighted by molar-refractivity contribution is 5.92. The Morgan fingerprint density at radius 1 is 0.917 bits per heavy atom. The first kappa shape index (κ1) is 25.2. The summed E-state index contributed by atoms with van der Waals surface area (Å²) in [5.74, 6) is -0.147. The first-order valence-electron chi connectivity index (χ1n) is 11.5. The highest BCUT2D eigenvalue weighted by Crippen LogP contribution is 2.32. The Balaban J connectivity index is 1.51. The number of nitrogens with one attached hydrogen (secondary N) is 1. The zero-order valence-electron chi connectivity index (χ0n) is 19.7. The SMILES string of the molecule is C[C@@H](NC(=O)c1coc(CN(Cc2ccccc2)Cc2ccccc2C(F)(F)F)n1)c1ccccc1. The number of amides is 1. The second-order valence-electron chi connectivity index (χ2n) is 8.52. The maximum Gasteiger partial charge on any atom is 0.416 e. The monoisotopic (exact) mass is 493 g/mol. The fourth-order valence-corrected chi connectivity index (χ4v) is 3.96. The Labute approximate surface area is 207 Å². The molecule has 0 aliphatic rings. The largest absolute Gasteiger partial charge is 0.447 e. The minimum atomic E-state index is -4.46. The molecular formula is C28H26F3N3O2. The van der Waals surface area contributed by atoms with Crippen LogP contribution in [0.15, 0.2) is 95.6 Å². The van der Waals surface area contributed by atoms with Crippen LogP contribution in [0.3, 0.4) is 0 Å². The lowest BCUT2D eigenvalue weighted by Gasteiger charge is -2.23. The van der Waals surface area contributed by atoms with E-state index in [-0.39, 0.29) is 36.3 Å². The zero-order valence-corrected chi connectivity index (χ0v) is 19.7. The Morgan fingerprint density at radius 3 is 2.25 bits per heavy atom. The van der Waals surface area contributed by atoms with E-state index in [9.17, 15) is 18.0 Å². The number of hydrogen-bond donors (Lipinski definition) is 1. The van der Waals surface area contributed by atoms with E-state index < -0.39 is 17.6 Å². The van der Waals surface area contributed by atoms with Crippen LogP contribution in [0.25, 0.3) is 0 Å². The van der Waals surface area contributed by atoms with Gasteiger partial charge >= 0.3 is 6.18 Å². The number of halogens is 3. The van der Waals surface area contributed by atoms with Crippen molar-refractivity contribution in [3.8, 4) is 0 Å². The van der Waals surface area contributed by atoms with E-state index in [1.54, 1.807) is 11.0 Å². The number of aromatic nitrogens is 1. The average Bonchev–Trinajstić information content (AvgIpc) is 3.33. The van der Waals surface area contributed by atoms with Gasteiger partial charge in [0.2, 0.25) is 5.89 Å². The normalized spacial score (nSPS) is 12.5. The van der Waals surface area contributed by atoms with Crippen molar-refractivity contribution in [3.05, 3.63) is 125 Å². The summed E-state index contributed by atoms with van der Waals surface area (Å²) in [5, 5.41) is 2.88. The summed E-state index contributed by atoms with van der Waals surface area (Å²) in [6, 6.07) is 24.2. The Bertz CT molecular complexity index is 1270. The van der Waals surface area contributed by atoms with Crippen LogP contribution in [0.2, 0.25) is 0 Å². The molecule has 0 saturated heterocycles. The molecule has 1 heterocycles. The topological polar surface area (TPSA) is 58.4 Å². The Hall–Kier alpha value is -3.91. The van der Waals surface area contributed by atoms with E-state index in [1.165, 1.54) is 18.4 Å². The van der Waals surface area contributed by atoms with Gasteiger partial charge in [-0.25, -0.2) is 4.98 Å². The lowest BCUT2D eigenvalue weighted by atomic mass is 10.1. The molecule has 0 spiro atoms. The minimum Gasteiger partial charge on any atom is -0.447 e. The summed E-state index contributed by atoms with van der Waals surface area (Å²) in [7, 11) is 0. The summed E-state index contributed by atoms with van der Waals surface area (Å²) in [4.78, 5) is 18.8.